The molecule has 1 aromatic heterocycles. The number of nitrogen functional groups attached to an aromatic ring is 1. The molecule has 0 aliphatic carbocycles. The Morgan fingerprint density at radius 3 is 2.38 bits per heavy atom. The molecular formula is C23H30N4OS. The molecule has 0 bridgehead atoms. The Balaban J connectivity index is 0.000000989. The van der Waals surface area contributed by atoms with Gasteiger partial charge in [-0.3, -0.25) is 9.79 Å². The smallest absolute Gasteiger partial charge is 0.162 e. The number of hydrogen-bond donors (Lipinski definition) is 3. The average Bonchev–Trinajstić information content (AvgIpc) is 3.11. The number of anilines is 3. The SMILES string of the molecule is C=CC1=CC(C=C)N=C(c2c(Nc3ccccc3)sc(C=O)c2N)N1.CC.CC. The Labute approximate surface area is 177 Å². The molecule has 154 valence electrons. The number of carbonyl (C=O) groups is 1. The summed E-state index contributed by atoms with van der Waals surface area (Å²) in [5.74, 6) is 0.586. The summed E-state index contributed by atoms with van der Waals surface area (Å²) in [4.78, 5) is 16.4. The van der Waals surface area contributed by atoms with Crippen LogP contribution < -0.4 is 16.4 Å². The first kappa shape index (κ1) is 23.9. The third kappa shape index (κ3) is 5.93. The van der Waals surface area contributed by atoms with Crippen LogP contribution in [-0.2, 0) is 0 Å². The largest absolute Gasteiger partial charge is 0.397 e. The summed E-state index contributed by atoms with van der Waals surface area (Å²) in [5, 5.41) is 7.28. The number of nitrogens with one attached hydrogen (secondary N) is 2. The van der Waals surface area contributed by atoms with Crippen LogP contribution in [0.25, 0.3) is 0 Å². The molecule has 0 amide bonds. The van der Waals surface area contributed by atoms with Crippen molar-refractivity contribution in [3.05, 3.63) is 77.9 Å². The van der Waals surface area contributed by atoms with Gasteiger partial charge in [-0.2, -0.15) is 0 Å². The lowest BCUT2D eigenvalue weighted by molar-refractivity contribution is 0.112. The molecule has 4 N–H and O–H groups in total. The molecule has 1 aromatic carbocycles. The van der Waals surface area contributed by atoms with Crippen molar-refractivity contribution in [1.82, 2.24) is 5.32 Å². The van der Waals surface area contributed by atoms with E-state index in [1.54, 1.807) is 12.2 Å². The van der Waals surface area contributed by atoms with Gasteiger partial charge in [-0.15, -0.1) is 17.9 Å². The number of benzene rings is 1. The maximum atomic E-state index is 11.4. The van der Waals surface area contributed by atoms with Gasteiger partial charge in [0.2, 0.25) is 0 Å². The fourth-order valence-corrected chi connectivity index (χ4v) is 3.43. The number of nitrogens with zero attached hydrogens (tertiary/aromatic N) is 1. The average molecular weight is 411 g/mol. The number of allylic oxidation sites excluding steroid dienone is 1. The van der Waals surface area contributed by atoms with E-state index in [9.17, 15) is 4.79 Å². The number of amidine groups is 1. The van der Waals surface area contributed by atoms with Gasteiger partial charge in [0.15, 0.2) is 6.29 Å². The fourth-order valence-electron chi connectivity index (χ4n) is 2.47. The summed E-state index contributed by atoms with van der Waals surface area (Å²) in [6, 6.07) is 9.50. The van der Waals surface area contributed by atoms with E-state index in [1.807, 2.05) is 64.1 Å². The lowest BCUT2D eigenvalue weighted by atomic mass is 10.1. The Bertz CT molecular complexity index is 882. The third-order valence-electron chi connectivity index (χ3n) is 3.70. The second kappa shape index (κ2) is 12.4. The highest BCUT2D eigenvalue weighted by Crippen LogP contribution is 2.37. The molecule has 1 aliphatic heterocycles. The van der Waals surface area contributed by atoms with Crippen molar-refractivity contribution in [1.29, 1.82) is 0 Å². The Morgan fingerprint density at radius 2 is 1.83 bits per heavy atom. The van der Waals surface area contributed by atoms with E-state index in [4.69, 9.17) is 5.73 Å². The predicted molar refractivity (Wildman–Crippen MR) is 128 cm³/mol. The minimum absolute atomic E-state index is 0.187. The first-order chi connectivity index (χ1) is 14.2. The van der Waals surface area contributed by atoms with Crippen molar-refractivity contribution in [3.8, 4) is 0 Å². The lowest BCUT2D eigenvalue weighted by Gasteiger charge is -2.20. The van der Waals surface area contributed by atoms with Gasteiger partial charge in [-0.05, 0) is 24.3 Å². The molecule has 0 radical (unpaired) electrons. The van der Waals surface area contributed by atoms with E-state index in [0.717, 1.165) is 22.7 Å². The van der Waals surface area contributed by atoms with Crippen LogP contribution in [0.15, 0.2) is 72.4 Å². The second-order valence-electron chi connectivity index (χ2n) is 5.35. The number of aliphatic imine (C=N–C) groups is 1. The van der Waals surface area contributed by atoms with E-state index in [1.165, 1.54) is 11.3 Å². The van der Waals surface area contributed by atoms with Gasteiger partial charge in [0, 0.05) is 11.4 Å². The van der Waals surface area contributed by atoms with E-state index >= 15 is 0 Å². The van der Waals surface area contributed by atoms with Crippen LogP contribution in [0.5, 0.6) is 0 Å². The van der Waals surface area contributed by atoms with E-state index in [2.05, 4.69) is 28.8 Å². The number of carbonyl (C=O) groups excluding carboxylic acids is 1. The minimum Gasteiger partial charge on any atom is -0.397 e. The summed E-state index contributed by atoms with van der Waals surface area (Å²) >= 11 is 1.30. The summed E-state index contributed by atoms with van der Waals surface area (Å²) in [5.41, 5.74) is 9.02. The highest BCUT2D eigenvalue weighted by Gasteiger charge is 2.23. The monoisotopic (exact) mass is 410 g/mol. The molecule has 1 aliphatic rings. The third-order valence-corrected chi connectivity index (χ3v) is 4.75. The summed E-state index contributed by atoms with van der Waals surface area (Å²) in [7, 11) is 0. The summed E-state index contributed by atoms with van der Waals surface area (Å²) < 4.78 is 0. The molecule has 2 aromatic rings. The molecule has 1 atom stereocenters. The van der Waals surface area contributed by atoms with Crippen LogP contribution in [-0.4, -0.2) is 18.2 Å². The zero-order chi connectivity index (χ0) is 21.8. The molecule has 6 heteroatoms. The number of hydrogen-bond acceptors (Lipinski definition) is 6. The summed E-state index contributed by atoms with van der Waals surface area (Å²) in [6.45, 7) is 15.6. The molecular weight excluding hydrogens is 380 g/mol. The molecule has 29 heavy (non-hydrogen) atoms. The molecule has 0 saturated heterocycles. The van der Waals surface area contributed by atoms with Crippen LogP contribution in [0.2, 0.25) is 0 Å². The highest BCUT2D eigenvalue weighted by molar-refractivity contribution is 7.18. The Kier molecular flexibility index (Phi) is 10.2. The van der Waals surface area contributed by atoms with Crippen molar-refractivity contribution in [2.24, 2.45) is 4.99 Å². The first-order valence-corrected chi connectivity index (χ1v) is 10.5. The Hall–Kier alpha value is -3.12. The quantitative estimate of drug-likeness (QED) is 0.408. The van der Waals surface area contributed by atoms with Crippen LogP contribution in [0.1, 0.15) is 42.9 Å². The van der Waals surface area contributed by atoms with Crippen molar-refractivity contribution < 1.29 is 4.79 Å². The molecule has 3 rings (SSSR count). The first-order valence-electron chi connectivity index (χ1n) is 9.67. The van der Waals surface area contributed by atoms with Crippen LogP contribution in [0.4, 0.5) is 16.4 Å². The topological polar surface area (TPSA) is 79.5 Å². The fraction of sp³-hybridized carbons (Fsp3) is 0.217. The van der Waals surface area contributed by atoms with Crippen LogP contribution in [0.3, 0.4) is 0 Å². The Morgan fingerprint density at radius 1 is 1.17 bits per heavy atom. The highest BCUT2D eigenvalue weighted by atomic mass is 32.1. The molecule has 0 spiro atoms. The summed E-state index contributed by atoms with van der Waals surface area (Å²) in [6.07, 6.45) is 6.12. The molecule has 0 fully saturated rings. The van der Waals surface area contributed by atoms with Crippen molar-refractivity contribution >= 4 is 39.8 Å². The minimum atomic E-state index is -0.187. The normalized spacial score (nSPS) is 14.4. The zero-order valence-electron chi connectivity index (χ0n) is 17.5. The zero-order valence-corrected chi connectivity index (χ0v) is 18.3. The number of thiophene rings is 1. The van der Waals surface area contributed by atoms with Crippen LogP contribution in [0, 0.1) is 0 Å². The van der Waals surface area contributed by atoms with Crippen molar-refractivity contribution in [2.45, 2.75) is 33.7 Å². The number of para-hydroxylation sites is 1. The second-order valence-corrected chi connectivity index (χ2v) is 6.40. The number of nitrogens with two attached hydrogens (primary N) is 1. The molecule has 0 saturated carbocycles. The van der Waals surface area contributed by atoms with Gasteiger partial charge < -0.3 is 16.4 Å². The van der Waals surface area contributed by atoms with Gasteiger partial charge in [0.05, 0.1) is 22.2 Å². The molecule has 2 heterocycles. The van der Waals surface area contributed by atoms with E-state index in [0.29, 0.717) is 22.0 Å². The van der Waals surface area contributed by atoms with Gasteiger partial charge in [-0.25, -0.2) is 0 Å². The predicted octanol–water partition coefficient (Wildman–Crippen LogP) is 5.91. The molecule has 5 nitrogen and oxygen atoms in total. The van der Waals surface area contributed by atoms with Gasteiger partial charge in [0.1, 0.15) is 10.8 Å². The standard InChI is InChI=1S/C19H18N4OS.2C2H6/c1-3-12-10-13(4-2)22-18(21-12)16-17(20)15(11-24)25-19(16)23-14-8-6-5-7-9-14;2*1-2/h3-12,23H,1-2,20H2,(H,21,22);2*1-2H3. The maximum Gasteiger partial charge on any atom is 0.162 e. The number of rotatable bonds is 6. The maximum absolute atomic E-state index is 11.4. The van der Waals surface area contributed by atoms with Gasteiger partial charge in [0.25, 0.3) is 0 Å². The van der Waals surface area contributed by atoms with Gasteiger partial charge >= 0.3 is 0 Å². The number of aldehydes is 1. The van der Waals surface area contributed by atoms with Gasteiger partial charge in [-0.1, -0.05) is 58.5 Å². The van der Waals surface area contributed by atoms with E-state index in [-0.39, 0.29) is 6.04 Å². The van der Waals surface area contributed by atoms with Crippen LogP contribution >= 0.6 is 11.3 Å². The van der Waals surface area contributed by atoms with E-state index < -0.39 is 0 Å². The van der Waals surface area contributed by atoms with Crippen molar-refractivity contribution in [3.63, 3.8) is 0 Å². The molecule has 1 unspecified atom stereocenters. The lowest BCUT2D eigenvalue weighted by Crippen LogP contribution is -2.30. The van der Waals surface area contributed by atoms with Crippen molar-refractivity contribution in [2.75, 3.05) is 11.1 Å².